The second kappa shape index (κ2) is 8.76. The third-order valence-corrected chi connectivity index (χ3v) is 7.66. The number of rotatable bonds is 7. The molecule has 6 heteroatoms. The first-order valence-electron chi connectivity index (χ1n) is 10.3. The molecule has 2 aromatic rings. The van der Waals surface area contributed by atoms with Gasteiger partial charge in [-0.2, -0.15) is 12.3 Å². The molecule has 5 nitrogen and oxygen atoms in total. The van der Waals surface area contributed by atoms with Crippen LogP contribution in [0.15, 0.2) is 66.4 Å². The second-order valence-corrected chi connectivity index (χ2v) is 10.3. The molecular formula is C24H31N2O3S+. The molecule has 0 aliphatic carbocycles. The Kier molecular flexibility index (Phi) is 6.50. The molecule has 1 unspecified atom stereocenters. The molecule has 0 saturated heterocycles. The van der Waals surface area contributed by atoms with Crippen molar-refractivity contribution in [1.82, 2.24) is 3.89 Å². The zero-order valence-corrected chi connectivity index (χ0v) is 18.9. The largest absolute Gasteiger partial charge is 0.457 e. The van der Waals surface area contributed by atoms with Gasteiger partial charge in [-0.25, -0.2) is 0 Å². The van der Waals surface area contributed by atoms with Crippen LogP contribution in [0, 0.1) is 6.92 Å². The van der Waals surface area contributed by atoms with Crippen molar-refractivity contribution in [2.24, 2.45) is 5.73 Å². The Morgan fingerprint density at radius 3 is 2.43 bits per heavy atom. The molecule has 2 N–H and O–H groups in total. The van der Waals surface area contributed by atoms with E-state index in [1.807, 2.05) is 49.4 Å². The molecule has 0 saturated carbocycles. The number of nitrogens with two attached hydrogens (primary N) is 1. The van der Waals surface area contributed by atoms with E-state index in [9.17, 15) is 8.42 Å². The van der Waals surface area contributed by atoms with E-state index in [1.165, 1.54) is 0 Å². The minimum absolute atomic E-state index is 0.0362. The summed E-state index contributed by atoms with van der Waals surface area (Å²) in [6, 6.07) is 13.5. The smallest absolute Gasteiger partial charge is 0.306 e. The van der Waals surface area contributed by atoms with E-state index in [0.29, 0.717) is 30.4 Å². The van der Waals surface area contributed by atoms with Crippen LogP contribution >= 0.6 is 0 Å². The average Bonchev–Trinajstić information content (AvgIpc) is 2.74. The van der Waals surface area contributed by atoms with Crippen molar-refractivity contribution in [2.45, 2.75) is 33.6 Å². The Labute approximate surface area is 180 Å². The summed E-state index contributed by atoms with van der Waals surface area (Å²) in [6.45, 7) is 8.61. The van der Waals surface area contributed by atoms with Crippen molar-refractivity contribution in [2.75, 3.05) is 18.8 Å². The molecule has 0 fully saturated rings. The topological polar surface area (TPSA) is 69.4 Å². The Morgan fingerprint density at radius 1 is 1.13 bits per heavy atom. The summed E-state index contributed by atoms with van der Waals surface area (Å²) in [7, 11) is -3.46. The zero-order valence-electron chi connectivity index (χ0n) is 18.1. The van der Waals surface area contributed by atoms with Gasteiger partial charge < -0.3 is 10.5 Å². The predicted octanol–water partition coefficient (Wildman–Crippen LogP) is 4.98. The fraction of sp³-hybridized carbons (Fsp3) is 0.333. The standard InChI is InChI=1S/C24H31N2O3S/c1-5-30(27,28)26(14-6-7-20(16-25)17-26)21-9-11-22(12-10-21)29-24-15-19(4)8-13-23(24)18(2)3/h6-13,15,17-18H,5,14,16,25H2,1-4H3/q+1. The molecule has 0 amide bonds. The monoisotopic (exact) mass is 427 g/mol. The highest BCUT2D eigenvalue weighted by Gasteiger charge is 2.42. The van der Waals surface area contributed by atoms with Gasteiger partial charge in [0.1, 0.15) is 24.2 Å². The van der Waals surface area contributed by atoms with Crippen LogP contribution in [0.2, 0.25) is 0 Å². The second-order valence-electron chi connectivity index (χ2n) is 7.95. The molecule has 1 aliphatic rings. The molecule has 160 valence electrons. The highest BCUT2D eigenvalue weighted by atomic mass is 32.2. The lowest BCUT2D eigenvalue weighted by molar-refractivity contribution is 0.471. The van der Waals surface area contributed by atoms with Crippen LogP contribution in [0.3, 0.4) is 0 Å². The van der Waals surface area contributed by atoms with Crippen molar-refractivity contribution in [3.8, 4) is 11.5 Å². The number of hydrogen-bond acceptors (Lipinski definition) is 4. The molecule has 1 atom stereocenters. The quantitative estimate of drug-likeness (QED) is 0.633. The molecule has 1 aliphatic heterocycles. The normalized spacial score (nSPS) is 19.1. The van der Waals surface area contributed by atoms with Gasteiger partial charge in [0.2, 0.25) is 0 Å². The van der Waals surface area contributed by atoms with Gasteiger partial charge in [-0.05, 0) is 55.2 Å². The fourth-order valence-corrected chi connectivity index (χ4v) is 5.22. The number of ether oxygens (including phenoxy) is 1. The molecule has 2 aromatic carbocycles. The summed E-state index contributed by atoms with van der Waals surface area (Å²) in [5, 5.41) is 0. The van der Waals surface area contributed by atoms with E-state index in [1.54, 1.807) is 13.1 Å². The molecule has 0 aromatic heterocycles. The fourth-order valence-electron chi connectivity index (χ4n) is 3.71. The van der Waals surface area contributed by atoms with Crippen LogP contribution in [0.4, 0.5) is 5.69 Å². The number of nitrogens with zero attached hydrogens (tertiary/aromatic N) is 1. The third-order valence-electron chi connectivity index (χ3n) is 5.47. The van der Waals surface area contributed by atoms with Gasteiger partial charge in [0, 0.05) is 24.3 Å². The van der Waals surface area contributed by atoms with Crippen LogP contribution in [0.25, 0.3) is 0 Å². The lowest BCUT2D eigenvalue weighted by atomic mass is 10.0. The minimum Gasteiger partial charge on any atom is -0.457 e. The summed E-state index contributed by atoms with van der Waals surface area (Å²) in [6.07, 6.45) is 5.53. The van der Waals surface area contributed by atoms with Gasteiger partial charge in [-0.15, -0.1) is 0 Å². The summed E-state index contributed by atoms with van der Waals surface area (Å²) < 4.78 is 32.1. The molecule has 0 spiro atoms. The molecule has 1 heterocycles. The first-order valence-corrected chi connectivity index (χ1v) is 11.9. The summed E-state index contributed by atoms with van der Waals surface area (Å²) in [5.41, 5.74) is 9.55. The van der Waals surface area contributed by atoms with Gasteiger partial charge in [0.25, 0.3) is 0 Å². The maximum atomic E-state index is 13.1. The first kappa shape index (κ1) is 22.3. The van der Waals surface area contributed by atoms with Crippen molar-refractivity contribution < 1.29 is 13.2 Å². The van der Waals surface area contributed by atoms with Gasteiger partial charge >= 0.3 is 10.0 Å². The predicted molar refractivity (Wildman–Crippen MR) is 124 cm³/mol. The van der Waals surface area contributed by atoms with Crippen LogP contribution in [-0.4, -0.2) is 27.3 Å². The number of aryl methyl sites for hydroxylation is 1. The van der Waals surface area contributed by atoms with Crippen molar-refractivity contribution in [1.29, 1.82) is 0 Å². The summed E-state index contributed by atoms with van der Waals surface area (Å²) in [5.74, 6) is 1.88. The van der Waals surface area contributed by atoms with Crippen molar-refractivity contribution in [3.05, 3.63) is 77.5 Å². The van der Waals surface area contributed by atoms with E-state index in [0.717, 1.165) is 22.4 Å². The van der Waals surface area contributed by atoms with E-state index < -0.39 is 10.0 Å². The van der Waals surface area contributed by atoms with Gasteiger partial charge in [0.05, 0.1) is 5.75 Å². The van der Waals surface area contributed by atoms with E-state index >= 15 is 0 Å². The van der Waals surface area contributed by atoms with E-state index in [-0.39, 0.29) is 9.64 Å². The first-order chi connectivity index (χ1) is 14.2. The zero-order chi connectivity index (χ0) is 21.9. The Balaban J connectivity index is 1.99. The Morgan fingerprint density at radius 2 is 1.83 bits per heavy atom. The molecule has 0 bridgehead atoms. The number of benzene rings is 2. The Hall–Kier alpha value is -2.41. The van der Waals surface area contributed by atoms with E-state index in [4.69, 9.17) is 10.5 Å². The van der Waals surface area contributed by atoms with Gasteiger partial charge in [-0.1, -0.05) is 32.1 Å². The molecule has 0 radical (unpaired) electrons. The molecular weight excluding hydrogens is 396 g/mol. The highest BCUT2D eigenvalue weighted by molar-refractivity contribution is 7.91. The van der Waals surface area contributed by atoms with Crippen LogP contribution in [0.5, 0.6) is 11.5 Å². The lowest BCUT2D eigenvalue weighted by Gasteiger charge is -2.34. The Bertz CT molecular complexity index is 1070. The maximum absolute atomic E-state index is 13.1. The van der Waals surface area contributed by atoms with Crippen LogP contribution in [-0.2, 0) is 10.0 Å². The molecule has 30 heavy (non-hydrogen) atoms. The molecule has 3 rings (SSSR count). The summed E-state index contributed by atoms with van der Waals surface area (Å²) >= 11 is 0. The highest BCUT2D eigenvalue weighted by Crippen LogP contribution is 2.36. The number of sulfonamides is 1. The maximum Gasteiger partial charge on any atom is 0.306 e. The average molecular weight is 428 g/mol. The van der Waals surface area contributed by atoms with Gasteiger partial charge in [-0.3, -0.25) is 0 Å². The number of quaternary nitrogens is 1. The summed E-state index contributed by atoms with van der Waals surface area (Å²) in [4.78, 5) is 0. The van der Waals surface area contributed by atoms with Crippen molar-refractivity contribution in [3.63, 3.8) is 0 Å². The lowest BCUT2D eigenvalue weighted by Crippen LogP contribution is -2.51. The van der Waals surface area contributed by atoms with Crippen molar-refractivity contribution >= 4 is 15.7 Å². The van der Waals surface area contributed by atoms with Gasteiger partial charge in [0.15, 0.2) is 5.69 Å². The SMILES string of the molecule is CCS(=O)(=O)[N+]1(c2ccc(Oc3cc(C)ccc3C(C)C)cc2)C=C(CN)C=CC1. The van der Waals surface area contributed by atoms with E-state index in [2.05, 4.69) is 26.0 Å². The third kappa shape index (κ3) is 4.21. The van der Waals surface area contributed by atoms with Crippen LogP contribution < -0.4 is 14.4 Å². The number of hydrogen-bond donors (Lipinski definition) is 1. The minimum atomic E-state index is -3.46. The van der Waals surface area contributed by atoms with Crippen LogP contribution in [0.1, 0.15) is 37.8 Å².